The van der Waals surface area contributed by atoms with E-state index in [1.165, 1.54) is 37.5 Å². The van der Waals surface area contributed by atoms with Gasteiger partial charge in [-0.2, -0.15) is 13.2 Å². The zero-order valence-electron chi connectivity index (χ0n) is 15.2. The molecule has 2 aromatic carbocycles. The number of alkyl halides is 3. The summed E-state index contributed by atoms with van der Waals surface area (Å²) >= 11 is 0. The number of nitrogens with zero attached hydrogens (tertiary/aromatic N) is 1. The van der Waals surface area contributed by atoms with Crippen LogP contribution in [0.1, 0.15) is 33.2 Å². The normalized spacial score (nSPS) is 11.0. The van der Waals surface area contributed by atoms with Crippen molar-refractivity contribution in [2.24, 2.45) is 0 Å². The van der Waals surface area contributed by atoms with Crippen molar-refractivity contribution in [3.05, 3.63) is 83.7 Å². The molecule has 8 heteroatoms. The largest absolute Gasteiger partial charge is 0.416 e. The number of benzene rings is 2. The lowest BCUT2D eigenvalue weighted by molar-refractivity contribution is -0.137. The van der Waals surface area contributed by atoms with Crippen molar-refractivity contribution in [1.82, 2.24) is 4.98 Å². The summed E-state index contributed by atoms with van der Waals surface area (Å²) in [5.74, 6) is -0.527. The molecule has 0 radical (unpaired) electrons. The third kappa shape index (κ3) is 5.19. The van der Waals surface area contributed by atoms with Crippen LogP contribution in [0.25, 0.3) is 0 Å². The third-order valence-corrected chi connectivity index (χ3v) is 4.03. The standard InChI is InChI=1S/C21H16F3N3O2/c1-13(28)14-5-7-17(8-6-14)27-20(29)15-9-19(12-25-11-15)26-18-4-2-3-16(10-18)21(22,23)24/h2-12,26H,1H3,(H,27,29). The average molecular weight is 399 g/mol. The molecule has 3 rings (SSSR count). The number of anilines is 3. The van der Waals surface area contributed by atoms with Crippen molar-refractivity contribution < 1.29 is 22.8 Å². The number of hydrogen-bond acceptors (Lipinski definition) is 4. The maximum Gasteiger partial charge on any atom is 0.416 e. The van der Waals surface area contributed by atoms with Crippen LogP contribution in [0.2, 0.25) is 0 Å². The Hall–Kier alpha value is -3.68. The minimum atomic E-state index is -4.45. The molecule has 1 amide bonds. The molecule has 0 saturated heterocycles. The highest BCUT2D eigenvalue weighted by atomic mass is 19.4. The van der Waals surface area contributed by atoms with E-state index in [1.807, 2.05) is 0 Å². The molecule has 0 atom stereocenters. The van der Waals surface area contributed by atoms with Crippen LogP contribution in [0.15, 0.2) is 67.0 Å². The molecule has 148 valence electrons. The first-order chi connectivity index (χ1) is 13.7. The molecule has 0 unspecified atom stereocenters. The van der Waals surface area contributed by atoms with E-state index in [0.29, 0.717) is 16.9 Å². The number of hydrogen-bond donors (Lipinski definition) is 2. The first kappa shape index (κ1) is 20.1. The van der Waals surface area contributed by atoms with Gasteiger partial charge in [0.05, 0.1) is 23.0 Å². The molecule has 0 saturated carbocycles. The third-order valence-electron chi connectivity index (χ3n) is 4.03. The van der Waals surface area contributed by atoms with Crippen LogP contribution in [0, 0.1) is 0 Å². The fourth-order valence-electron chi connectivity index (χ4n) is 2.56. The molecular formula is C21H16F3N3O2. The van der Waals surface area contributed by atoms with Crippen LogP contribution < -0.4 is 10.6 Å². The average Bonchev–Trinajstić information content (AvgIpc) is 2.68. The second-order valence-corrected chi connectivity index (χ2v) is 6.25. The van der Waals surface area contributed by atoms with E-state index in [1.54, 1.807) is 24.3 Å². The summed E-state index contributed by atoms with van der Waals surface area (Å²) in [6.07, 6.45) is -1.70. The number of carbonyl (C=O) groups excluding carboxylic acids is 2. The predicted molar refractivity (Wildman–Crippen MR) is 103 cm³/mol. The molecular weight excluding hydrogens is 383 g/mol. The Balaban J connectivity index is 1.73. The van der Waals surface area contributed by atoms with Crippen LogP contribution in [-0.2, 0) is 6.18 Å². The number of aromatic nitrogens is 1. The van der Waals surface area contributed by atoms with Crippen molar-refractivity contribution in [1.29, 1.82) is 0 Å². The van der Waals surface area contributed by atoms with Gasteiger partial charge in [-0.05, 0) is 55.5 Å². The molecule has 0 spiro atoms. The summed E-state index contributed by atoms with van der Waals surface area (Å²) in [5.41, 5.74) is 1.05. The number of carbonyl (C=O) groups is 2. The lowest BCUT2D eigenvalue weighted by atomic mass is 10.1. The van der Waals surface area contributed by atoms with E-state index >= 15 is 0 Å². The zero-order valence-corrected chi connectivity index (χ0v) is 15.2. The van der Waals surface area contributed by atoms with Gasteiger partial charge in [0, 0.05) is 23.1 Å². The van der Waals surface area contributed by atoms with Crippen molar-refractivity contribution >= 4 is 28.8 Å². The molecule has 0 aliphatic rings. The van der Waals surface area contributed by atoms with Crippen LogP contribution in [0.3, 0.4) is 0 Å². The molecule has 0 fully saturated rings. The van der Waals surface area contributed by atoms with Gasteiger partial charge in [-0.3, -0.25) is 14.6 Å². The number of amides is 1. The second-order valence-electron chi connectivity index (χ2n) is 6.25. The molecule has 0 aliphatic heterocycles. The summed E-state index contributed by atoms with van der Waals surface area (Å²) < 4.78 is 38.5. The maximum absolute atomic E-state index is 12.8. The second kappa shape index (κ2) is 8.14. The lowest BCUT2D eigenvalue weighted by Gasteiger charge is -2.11. The molecule has 29 heavy (non-hydrogen) atoms. The van der Waals surface area contributed by atoms with Crippen LogP contribution in [0.4, 0.5) is 30.2 Å². The molecule has 3 aromatic rings. The number of halogens is 3. The quantitative estimate of drug-likeness (QED) is 0.571. The van der Waals surface area contributed by atoms with Gasteiger partial charge in [-0.1, -0.05) is 6.07 Å². The maximum atomic E-state index is 12.8. The van der Waals surface area contributed by atoms with Gasteiger partial charge in [0.2, 0.25) is 0 Å². The molecule has 1 aromatic heterocycles. The molecule has 1 heterocycles. The van der Waals surface area contributed by atoms with Crippen molar-refractivity contribution in [2.45, 2.75) is 13.1 Å². The summed E-state index contributed by atoms with van der Waals surface area (Å²) in [7, 11) is 0. The van der Waals surface area contributed by atoms with E-state index in [0.717, 1.165) is 12.1 Å². The Morgan fingerprint density at radius 1 is 0.862 bits per heavy atom. The van der Waals surface area contributed by atoms with E-state index in [4.69, 9.17) is 0 Å². The van der Waals surface area contributed by atoms with Crippen LogP contribution in [0.5, 0.6) is 0 Å². The Bertz CT molecular complexity index is 1050. The van der Waals surface area contributed by atoms with E-state index in [9.17, 15) is 22.8 Å². The number of Topliss-reactive ketones (excluding diaryl/α,β-unsaturated/α-hetero) is 1. The molecule has 0 aliphatic carbocycles. The van der Waals surface area contributed by atoms with Crippen molar-refractivity contribution in [2.75, 3.05) is 10.6 Å². The van der Waals surface area contributed by atoms with E-state index in [2.05, 4.69) is 15.6 Å². The fraction of sp³-hybridized carbons (Fsp3) is 0.0952. The van der Waals surface area contributed by atoms with Crippen molar-refractivity contribution in [3.63, 3.8) is 0 Å². The van der Waals surface area contributed by atoms with Crippen LogP contribution in [-0.4, -0.2) is 16.7 Å². The predicted octanol–water partition coefficient (Wildman–Crippen LogP) is 5.30. The Morgan fingerprint density at radius 3 is 2.24 bits per heavy atom. The topological polar surface area (TPSA) is 71.1 Å². The van der Waals surface area contributed by atoms with Gasteiger partial charge < -0.3 is 10.6 Å². The van der Waals surface area contributed by atoms with Gasteiger partial charge in [-0.15, -0.1) is 0 Å². The van der Waals surface area contributed by atoms with E-state index < -0.39 is 17.6 Å². The van der Waals surface area contributed by atoms with Gasteiger partial charge in [0.25, 0.3) is 5.91 Å². The van der Waals surface area contributed by atoms with Gasteiger partial charge in [0.15, 0.2) is 5.78 Å². The fourth-order valence-corrected chi connectivity index (χ4v) is 2.56. The minimum Gasteiger partial charge on any atom is -0.354 e. The summed E-state index contributed by atoms with van der Waals surface area (Å²) in [5, 5.41) is 5.49. The Labute approximate surface area is 164 Å². The van der Waals surface area contributed by atoms with Gasteiger partial charge >= 0.3 is 6.18 Å². The van der Waals surface area contributed by atoms with Crippen molar-refractivity contribution in [3.8, 4) is 0 Å². The summed E-state index contributed by atoms with van der Waals surface area (Å²) in [6.45, 7) is 1.45. The van der Waals surface area contributed by atoms with Gasteiger partial charge in [0.1, 0.15) is 0 Å². The molecule has 5 nitrogen and oxygen atoms in total. The SMILES string of the molecule is CC(=O)c1ccc(NC(=O)c2cncc(Nc3cccc(C(F)(F)F)c3)c2)cc1. The van der Waals surface area contributed by atoms with E-state index in [-0.39, 0.29) is 17.0 Å². The Kier molecular flexibility index (Phi) is 5.63. The molecule has 2 N–H and O–H groups in total. The highest BCUT2D eigenvalue weighted by Crippen LogP contribution is 2.31. The smallest absolute Gasteiger partial charge is 0.354 e. The van der Waals surface area contributed by atoms with Crippen LogP contribution >= 0.6 is 0 Å². The first-order valence-electron chi connectivity index (χ1n) is 8.54. The lowest BCUT2D eigenvalue weighted by Crippen LogP contribution is -2.12. The molecule has 0 bridgehead atoms. The number of rotatable bonds is 5. The summed E-state index contributed by atoms with van der Waals surface area (Å²) in [6, 6.07) is 12.6. The highest BCUT2D eigenvalue weighted by Gasteiger charge is 2.30. The highest BCUT2D eigenvalue weighted by molar-refractivity contribution is 6.05. The van der Waals surface area contributed by atoms with Gasteiger partial charge in [-0.25, -0.2) is 0 Å². The first-order valence-corrected chi connectivity index (χ1v) is 8.54. The number of pyridine rings is 1. The summed E-state index contributed by atoms with van der Waals surface area (Å²) in [4.78, 5) is 27.7. The number of nitrogens with one attached hydrogen (secondary N) is 2. The minimum absolute atomic E-state index is 0.0829. The number of ketones is 1. The monoisotopic (exact) mass is 399 g/mol. The Morgan fingerprint density at radius 2 is 1.59 bits per heavy atom. The zero-order chi connectivity index (χ0) is 21.0.